The van der Waals surface area contributed by atoms with Gasteiger partial charge >= 0.3 is 0 Å². The lowest BCUT2D eigenvalue weighted by molar-refractivity contribution is -0.106. The van der Waals surface area contributed by atoms with Gasteiger partial charge in [0, 0.05) is 5.56 Å². The summed E-state index contributed by atoms with van der Waals surface area (Å²) in [7, 11) is 1.77. The van der Waals surface area contributed by atoms with Crippen molar-refractivity contribution in [2.75, 3.05) is 13.7 Å². The third kappa shape index (κ3) is 4.79. The average Bonchev–Trinajstić information content (AvgIpc) is 3.53. The van der Waals surface area contributed by atoms with E-state index < -0.39 is 0 Å². The van der Waals surface area contributed by atoms with Crippen molar-refractivity contribution >= 4 is 17.1 Å². The number of ether oxygens (including phenoxy) is 1. The summed E-state index contributed by atoms with van der Waals surface area (Å²) in [5.41, 5.74) is 3.83. The number of fused-ring (bicyclic) bond motifs is 1. The highest BCUT2D eigenvalue weighted by Gasteiger charge is 2.26. The number of aldehydes is 1. The molecule has 1 fully saturated rings. The van der Waals surface area contributed by atoms with Crippen LogP contribution in [0.3, 0.4) is 0 Å². The van der Waals surface area contributed by atoms with Gasteiger partial charge in [-0.3, -0.25) is 0 Å². The second-order valence-electron chi connectivity index (χ2n) is 7.34. The van der Waals surface area contributed by atoms with E-state index in [4.69, 9.17) is 9.53 Å². The number of aryl methyl sites for hydroxylation is 1. The number of carbonyl (C=O) groups is 1. The Morgan fingerprint density at radius 1 is 1.11 bits per heavy atom. The van der Waals surface area contributed by atoms with E-state index in [1.54, 1.807) is 7.11 Å². The highest BCUT2D eigenvalue weighted by atomic mass is 16.5. The van der Waals surface area contributed by atoms with Crippen LogP contribution in [0.5, 0.6) is 5.75 Å². The summed E-state index contributed by atoms with van der Waals surface area (Å²) in [6.45, 7) is 4.66. The van der Waals surface area contributed by atoms with Crippen molar-refractivity contribution in [2.24, 2.45) is 5.92 Å². The summed E-state index contributed by atoms with van der Waals surface area (Å²) < 4.78 is 5.77. The number of carbonyl (C=O) groups excluding carboxylic acids is 1. The molecule has 3 heteroatoms. The van der Waals surface area contributed by atoms with Crippen LogP contribution in [-0.4, -0.2) is 19.9 Å². The van der Waals surface area contributed by atoms with Gasteiger partial charge in [-0.2, -0.15) is 0 Å². The van der Waals surface area contributed by atoms with Gasteiger partial charge in [-0.05, 0) is 61.6 Å². The summed E-state index contributed by atoms with van der Waals surface area (Å²) in [6.07, 6.45) is 3.44. The Kier molecular flexibility index (Phi) is 6.83. The summed E-state index contributed by atoms with van der Waals surface area (Å²) >= 11 is 0. The molecule has 4 rings (SSSR count). The second-order valence-corrected chi connectivity index (χ2v) is 7.34. The van der Waals surface area contributed by atoms with E-state index >= 15 is 0 Å². The van der Waals surface area contributed by atoms with Crippen molar-refractivity contribution in [1.82, 2.24) is 5.32 Å². The molecule has 1 N–H and O–H groups in total. The maximum Gasteiger partial charge on any atom is 0.124 e. The van der Waals surface area contributed by atoms with Crippen molar-refractivity contribution in [2.45, 2.75) is 32.7 Å². The normalized spacial score (nSPS) is 14.1. The molecule has 0 amide bonds. The molecule has 0 spiro atoms. The molecule has 0 aliphatic heterocycles. The molecule has 0 aromatic heterocycles. The van der Waals surface area contributed by atoms with E-state index in [0.29, 0.717) is 0 Å². The van der Waals surface area contributed by atoms with Crippen molar-refractivity contribution in [3.8, 4) is 5.75 Å². The van der Waals surface area contributed by atoms with E-state index in [0.717, 1.165) is 24.5 Å². The minimum absolute atomic E-state index is 0.140. The van der Waals surface area contributed by atoms with Crippen LogP contribution in [0.4, 0.5) is 0 Å². The third-order valence-corrected chi connectivity index (χ3v) is 5.12. The van der Waals surface area contributed by atoms with Gasteiger partial charge in [0.25, 0.3) is 0 Å². The maximum atomic E-state index is 8.81. The molecule has 1 aliphatic carbocycles. The molecule has 1 saturated carbocycles. The van der Waals surface area contributed by atoms with Gasteiger partial charge in [0.05, 0.1) is 13.2 Å². The predicted molar refractivity (Wildman–Crippen MR) is 116 cm³/mol. The van der Waals surface area contributed by atoms with Gasteiger partial charge in [-0.15, -0.1) is 0 Å². The zero-order valence-electron chi connectivity index (χ0n) is 16.9. The van der Waals surface area contributed by atoms with Gasteiger partial charge < -0.3 is 14.8 Å². The predicted octanol–water partition coefficient (Wildman–Crippen LogP) is 5.45. The van der Waals surface area contributed by atoms with Gasteiger partial charge in [-0.25, -0.2) is 0 Å². The monoisotopic (exact) mass is 375 g/mol. The molecule has 28 heavy (non-hydrogen) atoms. The standard InChI is InChI=1S/C23H25NO.C2H4O/c1-16-6-5-8-19(14-16)23(24-15-17-10-11-17)22-20-9-4-3-7-18(20)12-13-21(22)25-2;1-2-3/h3-9,12-14,17,23-24H,10-11,15H2,1-2H3;2H,1H3. The molecule has 0 bridgehead atoms. The summed E-state index contributed by atoms with van der Waals surface area (Å²) in [6, 6.07) is 21.8. The third-order valence-electron chi connectivity index (χ3n) is 5.12. The number of hydrogen-bond donors (Lipinski definition) is 1. The molecule has 0 radical (unpaired) electrons. The number of methoxy groups -OCH3 is 1. The van der Waals surface area contributed by atoms with E-state index in [-0.39, 0.29) is 6.04 Å². The summed E-state index contributed by atoms with van der Waals surface area (Å²) in [5.74, 6) is 1.78. The molecular formula is C25H29NO2. The lowest BCUT2D eigenvalue weighted by Crippen LogP contribution is -2.25. The van der Waals surface area contributed by atoms with Crippen LogP contribution < -0.4 is 10.1 Å². The minimum Gasteiger partial charge on any atom is -0.496 e. The van der Waals surface area contributed by atoms with E-state index in [1.807, 2.05) is 0 Å². The molecule has 3 aromatic rings. The lowest BCUT2D eigenvalue weighted by atomic mass is 9.92. The van der Waals surface area contributed by atoms with Gasteiger partial charge in [-0.1, -0.05) is 60.2 Å². The van der Waals surface area contributed by atoms with Crippen LogP contribution in [-0.2, 0) is 4.79 Å². The average molecular weight is 376 g/mol. The first-order chi connectivity index (χ1) is 13.7. The molecule has 0 saturated heterocycles. The summed E-state index contributed by atoms with van der Waals surface area (Å²) in [5, 5.41) is 6.34. The van der Waals surface area contributed by atoms with Crippen LogP contribution in [0.15, 0.2) is 60.7 Å². The smallest absolute Gasteiger partial charge is 0.124 e. The molecular weight excluding hydrogens is 346 g/mol. The highest BCUT2D eigenvalue weighted by molar-refractivity contribution is 5.88. The van der Waals surface area contributed by atoms with Crippen molar-refractivity contribution in [1.29, 1.82) is 0 Å². The number of hydrogen-bond acceptors (Lipinski definition) is 3. The van der Waals surface area contributed by atoms with Crippen LogP contribution >= 0.6 is 0 Å². The fourth-order valence-corrected chi connectivity index (χ4v) is 3.59. The number of benzene rings is 3. The molecule has 146 valence electrons. The lowest BCUT2D eigenvalue weighted by Gasteiger charge is -2.24. The zero-order valence-corrected chi connectivity index (χ0v) is 16.9. The Morgan fingerprint density at radius 2 is 1.86 bits per heavy atom. The first kappa shape index (κ1) is 20.1. The van der Waals surface area contributed by atoms with E-state index in [9.17, 15) is 0 Å². The molecule has 3 aromatic carbocycles. The zero-order chi connectivity index (χ0) is 19.9. The van der Waals surface area contributed by atoms with Crippen LogP contribution in [0, 0.1) is 12.8 Å². The largest absolute Gasteiger partial charge is 0.496 e. The van der Waals surface area contributed by atoms with Gasteiger partial charge in [0.2, 0.25) is 0 Å². The van der Waals surface area contributed by atoms with Crippen molar-refractivity contribution in [3.05, 3.63) is 77.4 Å². The Balaban J connectivity index is 0.000000706. The Labute approximate surface area is 167 Å². The first-order valence-corrected chi connectivity index (χ1v) is 9.93. The Morgan fingerprint density at radius 3 is 2.54 bits per heavy atom. The quantitative estimate of drug-likeness (QED) is 0.582. The molecule has 1 atom stereocenters. The number of rotatable bonds is 6. The molecule has 0 heterocycles. The molecule has 3 nitrogen and oxygen atoms in total. The SMILES string of the molecule is CC=O.COc1ccc2ccccc2c1C(NCC1CC1)c1cccc(C)c1. The number of nitrogens with one attached hydrogen (secondary N) is 1. The van der Waals surface area contributed by atoms with Gasteiger partial charge in [0.1, 0.15) is 12.0 Å². The fraction of sp³-hybridized carbons (Fsp3) is 0.320. The Hall–Kier alpha value is -2.65. The molecule has 1 unspecified atom stereocenters. The van der Waals surface area contributed by atoms with Gasteiger partial charge in [0.15, 0.2) is 0 Å². The summed E-state index contributed by atoms with van der Waals surface area (Å²) in [4.78, 5) is 8.81. The minimum atomic E-state index is 0.140. The van der Waals surface area contributed by atoms with E-state index in [2.05, 4.69) is 72.9 Å². The van der Waals surface area contributed by atoms with Crippen LogP contribution in [0.2, 0.25) is 0 Å². The van der Waals surface area contributed by atoms with Crippen LogP contribution in [0.1, 0.15) is 42.5 Å². The van der Waals surface area contributed by atoms with Crippen molar-refractivity contribution in [3.63, 3.8) is 0 Å². The second kappa shape index (κ2) is 9.52. The highest BCUT2D eigenvalue weighted by Crippen LogP contribution is 2.37. The van der Waals surface area contributed by atoms with E-state index in [1.165, 1.54) is 47.2 Å². The van der Waals surface area contributed by atoms with Crippen molar-refractivity contribution < 1.29 is 9.53 Å². The maximum absolute atomic E-state index is 8.81. The Bertz CT molecular complexity index is 931. The van der Waals surface area contributed by atoms with Crippen LogP contribution in [0.25, 0.3) is 10.8 Å². The first-order valence-electron chi connectivity index (χ1n) is 9.93. The topological polar surface area (TPSA) is 38.3 Å². The molecule has 1 aliphatic rings. The fourth-order valence-electron chi connectivity index (χ4n) is 3.59.